The van der Waals surface area contributed by atoms with E-state index in [0.29, 0.717) is 6.42 Å². The standard InChI is InChI=1S/C19H37FO3/c1-3-4-5-6-7-8-9-10-11-12-13-14-15-16-17(21)18(20)19(22)23-2/h17-18,21H,3-16H2,1-2H3/t17-,18-/m0/s1. The summed E-state index contributed by atoms with van der Waals surface area (Å²) in [6.45, 7) is 2.25. The number of halogens is 1. The Balaban J connectivity index is 3.26. The van der Waals surface area contributed by atoms with E-state index in [1.54, 1.807) is 0 Å². The highest BCUT2D eigenvalue weighted by molar-refractivity contribution is 5.75. The molecule has 0 saturated heterocycles. The van der Waals surface area contributed by atoms with Crippen molar-refractivity contribution < 1.29 is 19.0 Å². The second-order valence-electron chi connectivity index (χ2n) is 6.52. The molecule has 23 heavy (non-hydrogen) atoms. The van der Waals surface area contributed by atoms with Gasteiger partial charge in [-0.15, -0.1) is 0 Å². The zero-order chi connectivity index (χ0) is 17.3. The van der Waals surface area contributed by atoms with Gasteiger partial charge in [-0.3, -0.25) is 0 Å². The second kappa shape index (κ2) is 16.2. The van der Waals surface area contributed by atoms with Gasteiger partial charge in [0.05, 0.1) is 13.2 Å². The normalized spacial score (nSPS) is 13.7. The van der Waals surface area contributed by atoms with Crippen LogP contribution in [0.15, 0.2) is 0 Å². The Morgan fingerprint density at radius 2 is 1.26 bits per heavy atom. The largest absolute Gasteiger partial charge is 0.467 e. The van der Waals surface area contributed by atoms with Crippen LogP contribution in [-0.4, -0.2) is 30.5 Å². The van der Waals surface area contributed by atoms with Crippen molar-refractivity contribution in [1.82, 2.24) is 0 Å². The Bertz CT molecular complexity index is 271. The summed E-state index contributed by atoms with van der Waals surface area (Å²) < 4.78 is 17.6. The predicted molar refractivity (Wildman–Crippen MR) is 93.2 cm³/mol. The molecule has 0 radical (unpaired) electrons. The molecular weight excluding hydrogens is 295 g/mol. The average Bonchev–Trinajstić information content (AvgIpc) is 2.57. The van der Waals surface area contributed by atoms with Crippen LogP contribution in [0.1, 0.15) is 96.8 Å². The summed E-state index contributed by atoms with van der Waals surface area (Å²) in [7, 11) is 1.13. The lowest BCUT2D eigenvalue weighted by Gasteiger charge is -2.13. The molecule has 2 atom stereocenters. The summed E-state index contributed by atoms with van der Waals surface area (Å²) in [5.41, 5.74) is 0. The maximum absolute atomic E-state index is 13.3. The molecule has 0 aromatic rings. The summed E-state index contributed by atoms with van der Waals surface area (Å²) in [5.74, 6) is -0.979. The molecule has 0 aliphatic rings. The van der Waals surface area contributed by atoms with E-state index >= 15 is 0 Å². The zero-order valence-electron chi connectivity index (χ0n) is 15.2. The first kappa shape index (κ1) is 22.4. The van der Waals surface area contributed by atoms with E-state index in [-0.39, 0.29) is 0 Å². The van der Waals surface area contributed by atoms with E-state index in [0.717, 1.165) is 26.4 Å². The van der Waals surface area contributed by atoms with Gasteiger partial charge in [-0.05, 0) is 6.42 Å². The van der Waals surface area contributed by atoms with Crippen LogP contribution in [0, 0.1) is 0 Å². The van der Waals surface area contributed by atoms with E-state index in [1.165, 1.54) is 64.2 Å². The minimum atomic E-state index is -1.91. The van der Waals surface area contributed by atoms with Gasteiger partial charge in [-0.2, -0.15) is 0 Å². The van der Waals surface area contributed by atoms with Gasteiger partial charge < -0.3 is 9.84 Å². The Morgan fingerprint density at radius 3 is 1.65 bits per heavy atom. The number of aliphatic hydroxyl groups excluding tert-OH is 1. The van der Waals surface area contributed by atoms with Crippen molar-refractivity contribution in [2.24, 2.45) is 0 Å². The minimum absolute atomic E-state index is 0.327. The molecule has 0 spiro atoms. The van der Waals surface area contributed by atoms with Crippen LogP contribution in [0.4, 0.5) is 4.39 Å². The number of unbranched alkanes of at least 4 members (excludes halogenated alkanes) is 12. The number of esters is 1. The maximum atomic E-state index is 13.3. The Hall–Kier alpha value is -0.640. The molecule has 0 aromatic carbocycles. The third kappa shape index (κ3) is 13.5. The van der Waals surface area contributed by atoms with Crippen LogP contribution in [0.2, 0.25) is 0 Å². The molecule has 0 heterocycles. The van der Waals surface area contributed by atoms with Crippen LogP contribution < -0.4 is 0 Å². The van der Waals surface area contributed by atoms with Crippen LogP contribution in [0.25, 0.3) is 0 Å². The third-order valence-corrected chi connectivity index (χ3v) is 4.37. The minimum Gasteiger partial charge on any atom is -0.467 e. The number of carbonyl (C=O) groups is 1. The zero-order valence-corrected chi connectivity index (χ0v) is 15.2. The van der Waals surface area contributed by atoms with Crippen LogP contribution in [0.5, 0.6) is 0 Å². The highest BCUT2D eigenvalue weighted by Crippen LogP contribution is 2.15. The van der Waals surface area contributed by atoms with Crippen molar-refractivity contribution in [3.63, 3.8) is 0 Å². The Labute approximate surface area is 142 Å². The highest BCUT2D eigenvalue weighted by atomic mass is 19.1. The van der Waals surface area contributed by atoms with Gasteiger partial charge in [0, 0.05) is 0 Å². The summed E-state index contributed by atoms with van der Waals surface area (Å²) in [5, 5.41) is 9.52. The molecule has 0 fully saturated rings. The molecule has 3 nitrogen and oxygen atoms in total. The summed E-state index contributed by atoms with van der Waals surface area (Å²) in [6, 6.07) is 0. The van der Waals surface area contributed by atoms with Crippen molar-refractivity contribution >= 4 is 5.97 Å². The molecule has 0 rings (SSSR count). The van der Waals surface area contributed by atoms with E-state index in [9.17, 15) is 14.3 Å². The van der Waals surface area contributed by atoms with Crippen molar-refractivity contribution in [1.29, 1.82) is 0 Å². The quantitative estimate of drug-likeness (QED) is 0.306. The van der Waals surface area contributed by atoms with E-state index in [1.807, 2.05) is 0 Å². The second-order valence-corrected chi connectivity index (χ2v) is 6.52. The molecule has 0 aliphatic carbocycles. The van der Waals surface area contributed by atoms with E-state index in [4.69, 9.17) is 0 Å². The predicted octanol–water partition coefficient (Wildman–Crippen LogP) is 5.34. The number of ether oxygens (including phenoxy) is 1. The molecule has 0 unspecified atom stereocenters. The monoisotopic (exact) mass is 332 g/mol. The number of alkyl halides is 1. The number of hydrogen-bond acceptors (Lipinski definition) is 3. The van der Waals surface area contributed by atoms with Crippen LogP contribution in [0.3, 0.4) is 0 Å². The number of methoxy groups -OCH3 is 1. The number of carbonyl (C=O) groups excluding carboxylic acids is 1. The molecule has 0 saturated carbocycles. The lowest BCUT2D eigenvalue weighted by Crippen LogP contribution is -2.30. The summed E-state index contributed by atoms with van der Waals surface area (Å²) >= 11 is 0. The van der Waals surface area contributed by atoms with Crippen molar-refractivity contribution in [3.05, 3.63) is 0 Å². The average molecular weight is 333 g/mol. The molecular formula is C19H37FO3. The molecule has 138 valence electrons. The fourth-order valence-electron chi connectivity index (χ4n) is 2.79. The summed E-state index contributed by atoms with van der Waals surface area (Å²) in [4.78, 5) is 10.9. The van der Waals surface area contributed by atoms with E-state index in [2.05, 4.69) is 11.7 Å². The maximum Gasteiger partial charge on any atom is 0.343 e. The first-order chi connectivity index (χ1) is 11.1. The molecule has 4 heteroatoms. The Morgan fingerprint density at radius 1 is 0.870 bits per heavy atom. The highest BCUT2D eigenvalue weighted by Gasteiger charge is 2.26. The lowest BCUT2D eigenvalue weighted by molar-refractivity contribution is -0.151. The van der Waals surface area contributed by atoms with E-state index < -0.39 is 18.2 Å². The molecule has 1 N–H and O–H groups in total. The number of hydrogen-bond donors (Lipinski definition) is 1. The van der Waals surface area contributed by atoms with Crippen molar-refractivity contribution in [2.75, 3.05) is 7.11 Å². The van der Waals surface area contributed by atoms with Gasteiger partial charge >= 0.3 is 5.97 Å². The first-order valence-electron chi connectivity index (χ1n) is 9.53. The number of rotatable bonds is 16. The van der Waals surface area contributed by atoms with Gasteiger partial charge in [0.15, 0.2) is 0 Å². The van der Waals surface area contributed by atoms with Crippen molar-refractivity contribution in [2.45, 2.75) is 109 Å². The molecule has 0 aromatic heterocycles. The van der Waals surface area contributed by atoms with Crippen LogP contribution in [-0.2, 0) is 9.53 Å². The van der Waals surface area contributed by atoms with Gasteiger partial charge in [0.1, 0.15) is 0 Å². The summed E-state index contributed by atoms with van der Waals surface area (Å²) in [6.07, 6.45) is 13.4. The molecule has 0 amide bonds. The van der Waals surface area contributed by atoms with Crippen LogP contribution >= 0.6 is 0 Å². The smallest absolute Gasteiger partial charge is 0.343 e. The van der Waals surface area contributed by atoms with Gasteiger partial charge in [0.25, 0.3) is 0 Å². The van der Waals surface area contributed by atoms with Gasteiger partial charge in [-0.1, -0.05) is 90.4 Å². The fraction of sp³-hybridized carbons (Fsp3) is 0.947. The molecule has 0 bridgehead atoms. The SMILES string of the molecule is CCCCCCCCCCCCCCC[C@H](O)[C@H](F)C(=O)OC. The third-order valence-electron chi connectivity index (χ3n) is 4.37. The fourth-order valence-corrected chi connectivity index (χ4v) is 2.79. The molecule has 0 aliphatic heterocycles. The van der Waals surface area contributed by atoms with Gasteiger partial charge in [0.2, 0.25) is 6.17 Å². The first-order valence-corrected chi connectivity index (χ1v) is 9.53. The van der Waals surface area contributed by atoms with Crippen molar-refractivity contribution in [3.8, 4) is 0 Å². The lowest BCUT2D eigenvalue weighted by atomic mass is 10.0. The Kier molecular flexibility index (Phi) is 15.8. The topological polar surface area (TPSA) is 46.5 Å². The number of aliphatic hydroxyl groups is 1. The van der Waals surface area contributed by atoms with Gasteiger partial charge in [-0.25, -0.2) is 9.18 Å².